The summed E-state index contributed by atoms with van der Waals surface area (Å²) in [5, 5.41) is 18.5. The third-order valence-corrected chi connectivity index (χ3v) is 0.625. The standard InChI is InChI=1S/C3H5NO4/c5-3-1-7-2-4(6)8-3/h2-3,5H,1H2. The van der Waals surface area contributed by atoms with Crippen LogP contribution in [-0.2, 0) is 9.57 Å². The van der Waals surface area contributed by atoms with Crippen molar-refractivity contribution in [2.75, 3.05) is 6.61 Å². The molecule has 1 aliphatic heterocycles. The average molecular weight is 119 g/mol. The van der Waals surface area contributed by atoms with Crippen LogP contribution in [0.4, 0.5) is 0 Å². The largest absolute Gasteiger partial charge is 0.442 e. The van der Waals surface area contributed by atoms with Crippen LogP contribution in [0.5, 0.6) is 0 Å². The fraction of sp³-hybridized carbons (Fsp3) is 0.667. The highest BCUT2D eigenvalue weighted by Crippen LogP contribution is 1.92. The van der Waals surface area contributed by atoms with Gasteiger partial charge in [-0.1, -0.05) is 0 Å². The summed E-state index contributed by atoms with van der Waals surface area (Å²) >= 11 is 0. The highest BCUT2D eigenvalue weighted by atomic mass is 16.9. The van der Waals surface area contributed by atoms with Gasteiger partial charge >= 0.3 is 6.40 Å². The van der Waals surface area contributed by atoms with E-state index in [9.17, 15) is 5.21 Å². The monoisotopic (exact) mass is 119 g/mol. The van der Waals surface area contributed by atoms with E-state index in [1.165, 1.54) is 0 Å². The molecule has 0 amide bonds. The minimum atomic E-state index is -1.13. The summed E-state index contributed by atoms with van der Waals surface area (Å²) in [5.41, 5.74) is 0. The van der Waals surface area contributed by atoms with Crippen LogP contribution in [-0.4, -0.2) is 29.3 Å². The summed E-state index contributed by atoms with van der Waals surface area (Å²) in [7, 11) is 0. The van der Waals surface area contributed by atoms with E-state index in [-0.39, 0.29) is 11.5 Å². The Morgan fingerprint density at radius 2 is 2.62 bits per heavy atom. The molecule has 0 aromatic heterocycles. The Kier molecular flexibility index (Phi) is 1.21. The van der Waals surface area contributed by atoms with Crippen LogP contribution in [0.15, 0.2) is 0 Å². The lowest BCUT2D eigenvalue weighted by molar-refractivity contribution is -0.774. The van der Waals surface area contributed by atoms with Crippen molar-refractivity contribution in [1.29, 1.82) is 0 Å². The van der Waals surface area contributed by atoms with Gasteiger partial charge in [0.2, 0.25) is 0 Å². The number of aliphatic hydroxyl groups is 1. The predicted octanol–water partition coefficient (Wildman–Crippen LogP) is -1.19. The molecule has 0 spiro atoms. The molecule has 1 aliphatic rings. The molecule has 0 fully saturated rings. The van der Waals surface area contributed by atoms with Crippen molar-refractivity contribution >= 4 is 6.40 Å². The first-order valence-electron chi connectivity index (χ1n) is 2.05. The summed E-state index contributed by atoms with van der Waals surface area (Å²) < 4.78 is 4.41. The number of ether oxygens (including phenoxy) is 1. The summed E-state index contributed by atoms with van der Waals surface area (Å²) in [6, 6.07) is 0. The summed E-state index contributed by atoms with van der Waals surface area (Å²) in [4.78, 5) is 4.20. The molecule has 0 saturated heterocycles. The maximum absolute atomic E-state index is 10.0. The van der Waals surface area contributed by atoms with Gasteiger partial charge in [0.15, 0.2) is 6.29 Å². The summed E-state index contributed by atoms with van der Waals surface area (Å²) in [6.45, 7) is 0.0126. The topological polar surface area (TPSA) is 64.8 Å². The van der Waals surface area contributed by atoms with Gasteiger partial charge in [-0.15, -0.1) is 0 Å². The Bertz CT molecular complexity index is 112. The van der Waals surface area contributed by atoms with E-state index < -0.39 is 6.29 Å². The van der Waals surface area contributed by atoms with Crippen molar-refractivity contribution < 1.29 is 19.6 Å². The van der Waals surface area contributed by atoms with Crippen molar-refractivity contribution in [1.82, 2.24) is 0 Å². The molecule has 8 heavy (non-hydrogen) atoms. The summed E-state index contributed by atoms with van der Waals surface area (Å²) in [5.74, 6) is 0. The van der Waals surface area contributed by atoms with Crippen LogP contribution in [0.1, 0.15) is 0 Å². The first kappa shape index (κ1) is 5.17. The lowest BCUT2D eigenvalue weighted by Crippen LogP contribution is -2.29. The molecular formula is C3H5NO4. The second-order valence-electron chi connectivity index (χ2n) is 1.28. The minimum Gasteiger partial charge on any atom is -0.442 e. The fourth-order valence-corrected chi connectivity index (χ4v) is 0.361. The van der Waals surface area contributed by atoms with Gasteiger partial charge in [-0.25, -0.2) is 0 Å². The third kappa shape index (κ3) is 1.00. The Balaban J connectivity index is 2.45. The molecule has 46 valence electrons. The first-order valence-corrected chi connectivity index (χ1v) is 2.05. The van der Waals surface area contributed by atoms with Gasteiger partial charge in [-0.3, -0.25) is 5.21 Å². The number of nitrogens with zero attached hydrogens (tertiary/aromatic N) is 1. The smallest absolute Gasteiger partial charge is 0.389 e. The molecular weight excluding hydrogens is 114 g/mol. The molecule has 1 heterocycles. The molecule has 5 heteroatoms. The Morgan fingerprint density at radius 3 is 3.00 bits per heavy atom. The Labute approximate surface area is 45.3 Å². The second kappa shape index (κ2) is 1.87. The van der Waals surface area contributed by atoms with Gasteiger partial charge in [-0.05, 0) is 0 Å². The van der Waals surface area contributed by atoms with Crippen LogP contribution in [0.3, 0.4) is 0 Å². The van der Waals surface area contributed by atoms with E-state index in [1.54, 1.807) is 0 Å². The van der Waals surface area contributed by atoms with Gasteiger partial charge in [0, 0.05) is 0 Å². The van der Waals surface area contributed by atoms with Crippen LogP contribution < -0.4 is 0 Å². The maximum atomic E-state index is 10.0. The van der Waals surface area contributed by atoms with E-state index in [1.807, 2.05) is 0 Å². The molecule has 1 atom stereocenters. The van der Waals surface area contributed by atoms with Crippen molar-refractivity contribution in [2.24, 2.45) is 0 Å². The van der Waals surface area contributed by atoms with Crippen LogP contribution >= 0.6 is 0 Å². The van der Waals surface area contributed by atoms with Crippen LogP contribution in [0.25, 0.3) is 0 Å². The van der Waals surface area contributed by atoms with Crippen LogP contribution in [0, 0.1) is 5.21 Å². The Morgan fingerprint density at radius 1 is 1.88 bits per heavy atom. The van der Waals surface area contributed by atoms with E-state index in [0.717, 1.165) is 6.40 Å². The lowest BCUT2D eigenvalue weighted by atomic mass is 10.7. The molecule has 5 nitrogen and oxygen atoms in total. The highest BCUT2D eigenvalue weighted by Gasteiger charge is 2.10. The number of hydrogen-bond acceptors (Lipinski definition) is 4. The van der Waals surface area contributed by atoms with Crippen LogP contribution in [0.2, 0.25) is 0 Å². The molecule has 0 radical (unpaired) electrons. The van der Waals surface area contributed by atoms with E-state index in [0.29, 0.717) is 0 Å². The van der Waals surface area contributed by atoms with Crippen molar-refractivity contribution in [3.63, 3.8) is 0 Å². The number of rotatable bonds is 0. The predicted molar refractivity (Wildman–Crippen MR) is 22.7 cm³/mol. The molecule has 0 aliphatic carbocycles. The molecule has 1 unspecified atom stereocenters. The van der Waals surface area contributed by atoms with E-state index in [4.69, 9.17) is 5.11 Å². The number of hydrogen-bond donors (Lipinski definition) is 1. The normalized spacial score (nSPS) is 27.6. The van der Waals surface area contributed by atoms with E-state index in [2.05, 4.69) is 9.57 Å². The van der Waals surface area contributed by atoms with Gasteiger partial charge in [0.05, 0.1) is 4.90 Å². The molecule has 0 saturated carbocycles. The quantitative estimate of drug-likeness (QED) is 0.407. The second-order valence-corrected chi connectivity index (χ2v) is 1.28. The van der Waals surface area contributed by atoms with Crippen molar-refractivity contribution in [3.8, 4) is 0 Å². The van der Waals surface area contributed by atoms with E-state index >= 15 is 0 Å². The maximum Gasteiger partial charge on any atom is 0.389 e. The molecule has 1 rings (SSSR count). The number of aliphatic hydroxyl groups excluding tert-OH is 1. The average Bonchev–Trinajstić information content (AvgIpc) is 1.64. The third-order valence-electron chi connectivity index (χ3n) is 0.625. The van der Waals surface area contributed by atoms with Gasteiger partial charge in [0.25, 0.3) is 0 Å². The molecule has 0 aromatic rings. The minimum absolute atomic E-state index is 0.0126. The first-order chi connectivity index (χ1) is 3.79. The molecule has 0 aromatic carbocycles. The molecule has 0 bridgehead atoms. The summed E-state index contributed by atoms with van der Waals surface area (Å²) in [6.07, 6.45) is -0.287. The van der Waals surface area contributed by atoms with Crippen molar-refractivity contribution in [2.45, 2.75) is 6.29 Å². The van der Waals surface area contributed by atoms with Crippen molar-refractivity contribution in [3.05, 3.63) is 5.21 Å². The zero-order valence-electron chi connectivity index (χ0n) is 3.98. The van der Waals surface area contributed by atoms with Gasteiger partial charge in [0.1, 0.15) is 6.61 Å². The Hall–Kier alpha value is -0.970. The zero-order chi connectivity index (χ0) is 5.98. The van der Waals surface area contributed by atoms with Gasteiger partial charge in [-0.2, -0.15) is 0 Å². The van der Waals surface area contributed by atoms with Gasteiger partial charge < -0.3 is 14.7 Å². The SMILES string of the molecule is [O-][N+]1=COCC(O)O1. The molecule has 1 N–H and O–H groups in total. The fourth-order valence-electron chi connectivity index (χ4n) is 0.361. The lowest BCUT2D eigenvalue weighted by Gasteiger charge is -2.15. The zero-order valence-corrected chi connectivity index (χ0v) is 3.98. The highest BCUT2D eigenvalue weighted by molar-refractivity contribution is 5.39.